The number of aliphatic carboxylic acids is 1. The first-order chi connectivity index (χ1) is 11.6. The molecule has 1 aromatic carbocycles. The highest BCUT2D eigenvalue weighted by atomic mass is 32.2. The molecule has 0 radical (unpaired) electrons. The summed E-state index contributed by atoms with van der Waals surface area (Å²) in [5.74, 6) is -5.73. The molecule has 1 amide bonds. The summed E-state index contributed by atoms with van der Waals surface area (Å²) in [6, 6.07) is 3.82. The molecule has 0 aliphatic carbocycles. The minimum absolute atomic E-state index is 0.239. The van der Waals surface area contributed by atoms with Gasteiger partial charge in [0.1, 0.15) is 6.04 Å². The van der Waals surface area contributed by atoms with Crippen molar-refractivity contribution in [2.45, 2.75) is 37.0 Å². The highest BCUT2D eigenvalue weighted by Gasteiger charge is 2.29. The molecule has 0 heterocycles. The maximum absolute atomic E-state index is 12.7. The Morgan fingerprint density at radius 3 is 2.36 bits per heavy atom. The van der Waals surface area contributed by atoms with Crippen molar-refractivity contribution < 1.29 is 31.9 Å². The Hall–Kier alpha value is -2.07. The van der Waals surface area contributed by atoms with Crippen molar-refractivity contribution in [3.05, 3.63) is 24.3 Å². The zero-order chi connectivity index (χ0) is 19.2. The van der Waals surface area contributed by atoms with Gasteiger partial charge in [0.25, 0.3) is 0 Å². The van der Waals surface area contributed by atoms with Crippen LogP contribution in [0.3, 0.4) is 0 Å². The molecule has 0 saturated carbocycles. The predicted molar refractivity (Wildman–Crippen MR) is 87.1 cm³/mol. The smallest absolute Gasteiger partial charge is 0.341 e. The van der Waals surface area contributed by atoms with Crippen LogP contribution in [0.15, 0.2) is 29.2 Å². The molecule has 140 valence electrons. The number of carbonyl (C=O) groups excluding carboxylic acids is 1. The van der Waals surface area contributed by atoms with Gasteiger partial charge in [-0.3, -0.25) is 14.9 Å². The number of carbonyl (C=O) groups is 2. The van der Waals surface area contributed by atoms with Gasteiger partial charge in [-0.05, 0) is 18.1 Å². The van der Waals surface area contributed by atoms with Crippen LogP contribution in [0.5, 0.6) is 0 Å². The number of halogens is 2. The number of hydrogen-bond acceptors (Lipinski definition) is 5. The molecule has 1 rings (SSSR count). The summed E-state index contributed by atoms with van der Waals surface area (Å²) >= 11 is 0. The molecule has 0 saturated heterocycles. The van der Waals surface area contributed by atoms with Gasteiger partial charge in [0.2, 0.25) is 15.7 Å². The van der Waals surface area contributed by atoms with Gasteiger partial charge in [0.05, 0.1) is 17.1 Å². The number of anilines is 1. The Morgan fingerprint density at radius 1 is 1.24 bits per heavy atom. The van der Waals surface area contributed by atoms with E-state index in [0.29, 0.717) is 6.42 Å². The van der Waals surface area contributed by atoms with Crippen LogP contribution in [0.2, 0.25) is 0 Å². The molecule has 10 heteroatoms. The Bertz CT molecular complexity index is 724. The van der Waals surface area contributed by atoms with E-state index in [0.717, 1.165) is 6.07 Å². The Labute approximate surface area is 144 Å². The molecule has 0 aliphatic heterocycles. The predicted octanol–water partition coefficient (Wildman–Crippen LogP) is 1.71. The average molecular weight is 378 g/mol. The summed E-state index contributed by atoms with van der Waals surface area (Å²) in [4.78, 5) is 22.4. The number of carboxylic acid groups (broad SMARTS) is 1. The topological polar surface area (TPSA) is 113 Å². The molecule has 0 spiro atoms. The number of carboxylic acids is 1. The van der Waals surface area contributed by atoms with Crippen molar-refractivity contribution in [1.29, 1.82) is 0 Å². The average Bonchev–Trinajstić information content (AvgIpc) is 2.54. The van der Waals surface area contributed by atoms with Gasteiger partial charge in [-0.1, -0.05) is 32.4 Å². The van der Waals surface area contributed by atoms with Gasteiger partial charge in [-0.2, -0.15) is 8.78 Å². The lowest BCUT2D eigenvalue weighted by Crippen LogP contribution is -2.45. The summed E-state index contributed by atoms with van der Waals surface area (Å²) < 4.78 is 48.7. The van der Waals surface area contributed by atoms with Crippen molar-refractivity contribution in [2.75, 3.05) is 11.9 Å². The molecule has 0 bridgehead atoms. The maximum Gasteiger partial charge on any atom is 0.341 e. The van der Waals surface area contributed by atoms with Crippen molar-refractivity contribution in [2.24, 2.45) is 5.92 Å². The van der Waals surface area contributed by atoms with Gasteiger partial charge in [0, 0.05) is 0 Å². The molecule has 25 heavy (non-hydrogen) atoms. The number of hydrogen-bond donors (Lipinski definition) is 3. The fraction of sp³-hybridized carbons (Fsp3) is 0.467. The van der Waals surface area contributed by atoms with Crippen LogP contribution < -0.4 is 10.6 Å². The molecular weight excluding hydrogens is 358 g/mol. The van der Waals surface area contributed by atoms with Crippen molar-refractivity contribution in [1.82, 2.24) is 5.32 Å². The molecule has 0 fully saturated rings. The lowest BCUT2D eigenvalue weighted by Gasteiger charge is -2.20. The van der Waals surface area contributed by atoms with Crippen LogP contribution >= 0.6 is 0 Å². The van der Waals surface area contributed by atoms with Crippen LogP contribution in [0.4, 0.5) is 14.5 Å². The number of alkyl halides is 2. The third kappa shape index (κ3) is 5.46. The van der Waals surface area contributed by atoms with E-state index in [4.69, 9.17) is 5.11 Å². The third-order valence-electron chi connectivity index (χ3n) is 3.66. The monoisotopic (exact) mass is 378 g/mol. The number of para-hydroxylation sites is 1. The first-order valence-corrected chi connectivity index (χ1v) is 9.03. The van der Waals surface area contributed by atoms with Gasteiger partial charge < -0.3 is 10.4 Å². The quantitative estimate of drug-likeness (QED) is 0.603. The Balaban J connectivity index is 2.87. The van der Waals surface area contributed by atoms with Crippen LogP contribution in [-0.4, -0.2) is 43.7 Å². The third-order valence-corrected chi connectivity index (χ3v) is 5.10. The molecule has 7 nitrogen and oxygen atoms in total. The molecule has 2 atom stereocenters. The summed E-state index contributed by atoms with van der Waals surface area (Å²) in [6.07, 6.45) is 0.570. The highest BCUT2D eigenvalue weighted by Crippen LogP contribution is 2.25. The number of rotatable bonds is 9. The van der Waals surface area contributed by atoms with Crippen LogP contribution in [0.1, 0.15) is 20.3 Å². The van der Waals surface area contributed by atoms with E-state index in [1.165, 1.54) is 18.2 Å². The van der Waals surface area contributed by atoms with Crippen LogP contribution in [0.25, 0.3) is 0 Å². The second-order valence-corrected chi connectivity index (χ2v) is 7.32. The van der Waals surface area contributed by atoms with Gasteiger partial charge in [-0.25, -0.2) is 8.42 Å². The first-order valence-electron chi connectivity index (χ1n) is 7.48. The zero-order valence-electron chi connectivity index (χ0n) is 13.7. The van der Waals surface area contributed by atoms with Crippen LogP contribution in [-0.2, 0) is 19.4 Å². The molecular formula is C15H20F2N2O5S. The fourth-order valence-electron chi connectivity index (χ4n) is 2.08. The van der Waals surface area contributed by atoms with E-state index >= 15 is 0 Å². The summed E-state index contributed by atoms with van der Waals surface area (Å²) in [5, 5.41) is 13.9. The Kier molecular flexibility index (Phi) is 7.43. The van der Waals surface area contributed by atoms with E-state index in [-0.39, 0.29) is 11.6 Å². The summed E-state index contributed by atoms with van der Waals surface area (Å²) in [6.45, 7) is 3.09. The minimum Gasteiger partial charge on any atom is -0.480 e. The molecule has 0 unspecified atom stereocenters. The van der Waals surface area contributed by atoms with Crippen molar-refractivity contribution in [3.8, 4) is 0 Å². The van der Waals surface area contributed by atoms with Crippen molar-refractivity contribution in [3.63, 3.8) is 0 Å². The van der Waals surface area contributed by atoms with Gasteiger partial charge in [-0.15, -0.1) is 0 Å². The van der Waals surface area contributed by atoms with E-state index in [1.807, 2.05) is 0 Å². The standard InChI is InChI=1S/C15H20F2N2O5S/c1-3-9(2)13(14(21)22)18-8-12(20)19-10-6-4-5-7-11(10)25(23,24)15(16)17/h4-7,9,13,15,18H,3,8H2,1-2H3,(H,19,20)(H,21,22)/t9-,13-/m0/s1. The fourth-order valence-corrected chi connectivity index (χ4v) is 2.96. The van der Waals surface area contributed by atoms with Gasteiger partial charge >= 0.3 is 11.7 Å². The normalized spacial score (nSPS) is 14.1. The first kappa shape index (κ1) is 21.0. The number of amides is 1. The molecule has 0 aromatic heterocycles. The second-order valence-electron chi connectivity index (χ2n) is 5.43. The number of nitrogens with one attached hydrogen (secondary N) is 2. The SMILES string of the molecule is CC[C@H](C)[C@H](NCC(=O)Nc1ccccc1S(=O)(=O)C(F)F)C(=O)O. The lowest BCUT2D eigenvalue weighted by molar-refractivity contribution is -0.140. The lowest BCUT2D eigenvalue weighted by atomic mass is 9.99. The number of benzene rings is 1. The van der Waals surface area contributed by atoms with Crippen molar-refractivity contribution >= 4 is 27.4 Å². The molecule has 3 N–H and O–H groups in total. The highest BCUT2D eigenvalue weighted by molar-refractivity contribution is 7.91. The zero-order valence-corrected chi connectivity index (χ0v) is 14.5. The minimum atomic E-state index is -4.88. The molecule has 1 aromatic rings. The van der Waals surface area contributed by atoms with Crippen LogP contribution in [0, 0.1) is 5.92 Å². The largest absolute Gasteiger partial charge is 0.480 e. The maximum atomic E-state index is 12.7. The second kappa shape index (κ2) is 8.86. The summed E-state index contributed by atoms with van der Waals surface area (Å²) in [5.41, 5.74) is -0.287. The van der Waals surface area contributed by atoms with E-state index in [2.05, 4.69) is 10.6 Å². The summed E-state index contributed by atoms with van der Waals surface area (Å²) in [7, 11) is -4.88. The van der Waals surface area contributed by atoms with E-state index in [1.54, 1.807) is 13.8 Å². The Morgan fingerprint density at radius 2 is 1.84 bits per heavy atom. The van der Waals surface area contributed by atoms with Gasteiger partial charge in [0.15, 0.2) is 0 Å². The number of sulfone groups is 1. The van der Waals surface area contributed by atoms with E-state index < -0.39 is 45.0 Å². The molecule has 0 aliphatic rings. The van der Waals surface area contributed by atoms with E-state index in [9.17, 15) is 26.8 Å².